The van der Waals surface area contributed by atoms with Crippen molar-refractivity contribution >= 4 is 39.1 Å². The van der Waals surface area contributed by atoms with Gasteiger partial charge < -0.3 is 15.0 Å². The van der Waals surface area contributed by atoms with Crippen molar-refractivity contribution in [3.63, 3.8) is 0 Å². The Kier molecular flexibility index (Phi) is 10.3. The highest BCUT2D eigenvalue weighted by Crippen LogP contribution is 2.26. The van der Waals surface area contributed by atoms with E-state index in [9.17, 15) is 18.0 Å². The molecule has 3 aromatic rings. The number of para-hydroxylation sites is 1. The average molecular weight is 598 g/mol. The topological polar surface area (TPSA) is 96.0 Å². The van der Waals surface area contributed by atoms with Crippen molar-refractivity contribution in [3.8, 4) is 11.5 Å². The third-order valence-corrected chi connectivity index (χ3v) is 8.52. The number of anilines is 1. The Morgan fingerprint density at radius 2 is 1.61 bits per heavy atom. The fourth-order valence-electron chi connectivity index (χ4n) is 4.90. The number of nitrogens with zero attached hydrogens (tertiary/aromatic N) is 2. The highest BCUT2D eigenvalue weighted by atomic mass is 35.5. The minimum absolute atomic E-state index is 0.0750. The maximum Gasteiger partial charge on any atom is 0.244 e. The van der Waals surface area contributed by atoms with Gasteiger partial charge in [-0.05, 0) is 73.9 Å². The minimum atomic E-state index is -3.84. The van der Waals surface area contributed by atoms with Crippen LogP contribution in [0.5, 0.6) is 11.5 Å². The van der Waals surface area contributed by atoms with Crippen LogP contribution in [0.4, 0.5) is 5.69 Å². The smallest absolute Gasteiger partial charge is 0.244 e. The predicted octanol–water partition coefficient (Wildman–Crippen LogP) is 5.76. The Morgan fingerprint density at radius 1 is 0.951 bits per heavy atom. The zero-order valence-electron chi connectivity index (χ0n) is 23.3. The lowest BCUT2D eigenvalue weighted by molar-refractivity contribution is -0.139. The molecule has 4 rings (SSSR count). The standard InChI is InChI=1S/C31H36ClN3O5S/c1-23(31(37)33-26-12-5-3-6-13-26)34(21-24-10-9-11-25(32)20-24)30(36)22-35(41(2,38)39)27-16-18-29(19-17-27)40-28-14-7-4-8-15-28/h4,7-11,14-20,23,26H,3,5-6,12-13,21-22H2,1-2H3,(H,33,37)/t23-/m0/s1. The number of halogens is 1. The second-order valence-electron chi connectivity index (χ2n) is 10.3. The minimum Gasteiger partial charge on any atom is -0.457 e. The maximum atomic E-state index is 13.8. The quantitative estimate of drug-likeness (QED) is 0.303. The van der Waals surface area contributed by atoms with Gasteiger partial charge in [0.2, 0.25) is 21.8 Å². The summed E-state index contributed by atoms with van der Waals surface area (Å²) in [6, 6.07) is 22.0. The number of sulfonamides is 1. The molecule has 41 heavy (non-hydrogen) atoms. The van der Waals surface area contributed by atoms with Gasteiger partial charge in [-0.25, -0.2) is 8.42 Å². The number of benzene rings is 3. The molecule has 0 heterocycles. The number of hydrogen-bond acceptors (Lipinski definition) is 5. The van der Waals surface area contributed by atoms with Crippen molar-refractivity contribution in [1.82, 2.24) is 10.2 Å². The van der Waals surface area contributed by atoms with Crippen molar-refractivity contribution in [2.24, 2.45) is 0 Å². The fraction of sp³-hybridized carbons (Fsp3) is 0.355. The molecule has 2 amide bonds. The Labute approximate surface area is 247 Å². The summed E-state index contributed by atoms with van der Waals surface area (Å²) in [5.41, 5.74) is 1.04. The summed E-state index contributed by atoms with van der Waals surface area (Å²) in [5.74, 6) is 0.398. The monoisotopic (exact) mass is 597 g/mol. The lowest BCUT2D eigenvalue weighted by Crippen LogP contribution is -2.52. The van der Waals surface area contributed by atoms with Crippen LogP contribution < -0.4 is 14.4 Å². The van der Waals surface area contributed by atoms with Gasteiger partial charge in [0.1, 0.15) is 24.1 Å². The summed E-state index contributed by atoms with van der Waals surface area (Å²) < 4.78 is 32.6. The van der Waals surface area contributed by atoms with Gasteiger partial charge in [0.25, 0.3) is 0 Å². The first kappa shape index (κ1) is 30.4. The number of nitrogens with one attached hydrogen (secondary N) is 1. The van der Waals surface area contributed by atoms with E-state index in [4.69, 9.17) is 16.3 Å². The third-order valence-electron chi connectivity index (χ3n) is 7.14. The van der Waals surface area contributed by atoms with Gasteiger partial charge >= 0.3 is 0 Å². The predicted molar refractivity (Wildman–Crippen MR) is 162 cm³/mol. The second kappa shape index (κ2) is 13.9. The van der Waals surface area contributed by atoms with Crippen molar-refractivity contribution in [2.45, 2.75) is 57.7 Å². The van der Waals surface area contributed by atoms with Crippen molar-refractivity contribution < 1.29 is 22.7 Å². The van der Waals surface area contributed by atoms with Crippen molar-refractivity contribution in [3.05, 3.63) is 89.4 Å². The van der Waals surface area contributed by atoms with Crippen molar-refractivity contribution in [2.75, 3.05) is 17.1 Å². The van der Waals surface area contributed by atoms with E-state index in [0.717, 1.165) is 48.2 Å². The number of hydrogen-bond donors (Lipinski definition) is 1. The zero-order valence-corrected chi connectivity index (χ0v) is 24.9. The molecule has 218 valence electrons. The van der Waals surface area contributed by atoms with Crippen LogP contribution in [0.25, 0.3) is 0 Å². The van der Waals surface area contributed by atoms with Crippen LogP contribution in [0, 0.1) is 0 Å². The largest absolute Gasteiger partial charge is 0.457 e. The van der Waals surface area contributed by atoms with Crippen LogP contribution in [-0.2, 0) is 26.2 Å². The van der Waals surface area contributed by atoms with Gasteiger partial charge in [0, 0.05) is 17.6 Å². The number of carbonyl (C=O) groups is 2. The van der Waals surface area contributed by atoms with E-state index in [0.29, 0.717) is 22.2 Å². The van der Waals surface area contributed by atoms with E-state index in [-0.39, 0.29) is 18.5 Å². The first-order valence-electron chi connectivity index (χ1n) is 13.7. The highest BCUT2D eigenvalue weighted by molar-refractivity contribution is 7.92. The number of rotatable bonds is 11. The van der Waals surface area contributed by atoms with E-state index < -0.39 is 28.5 Å². The lowest BCUT2D eigenvalue weighted by atomic mass is 9.95. The van der Waals surface area contributed by atoms with Crippen LogP contribution in [0.1, 0.15) is 44.6 Å². The first-order valence-corrected chi connectivity index (χ1v) is 16.0. The van der Waals surface area contributed by atoms with Crippen molar-refractivity contribution in [1.29, 1.82) is 0 Å². The molecule has 3 aromatic carbocycles. The summed E-state index contributed by atoms with van der Waals surface area (Å²) >= 11 is 6.19. The molecule has 0 aliphatic heterocycles. The Bertz CT molecular complexity index is 1430. The molecule has 1 N–H and O–H groups in total. The Morgan fingerprint density at radius 3 is 2.24 bits per heavy atom. The van der Waals surface area contributed by atoms with E-state index in [1.807, 2.05) is 36.4 Å². The van der Waals surface area contributed by atoms with E-state index in [2.05, 4.69) is 5.32 Å². The maximum absolute atomic E-state index is 13.8. The molecule has 1 aliphatic rings. The van der Waals surface area contributed by atoms with Gasteiger partial charge in [-0.2, -0.15) is 0 Å². The zero-order chi connectivity index (χ0) is 29.4. The second-order valence-corrected chi connectivity index (χ2v) is 12.7. The fourth-order valence-corrected chi connectivity index (χ4v) is 5.96. The molecular formula is C31H36ClN3O5S. The molecule has 8 nitrogen and oxygen atoms in total. The molecule has 0 spiro atoms. The molecule has 1 fully saturated rings. The summed E-state index contributed by atoms with van der Waals surface area (Å²) in [6.45, 7) is 1.29. The molecule has 0 aromatic heterocycles. The molecule has 1 atom stereocenters. The lowest BCUT2D eigenvalue weighted by Gasteiger charge is -2.33. The van der Waals surface area contributed by atoms with Gasteiger partial charge in [-0.15, -0.1) is 0 Å². The van der Waals surface area contributed by atoms with Crippen LogP contribution in [-0.4, -0.2) is 50.0 Å². The third kappa shape index (κ3) is 8.71. The van der Waals surface area contributed by atoms with E-state index >= 15 is 0 Å². The summed E-state index contributed by atoms with van der Waals surface area (Å²) in [4.78, 5) is 28.5. The average Bonchev–Trinajstić information content (AvgIpc) is 2.95. The summed E-state index contributed by atoms with van der Waals surface area (Å²) in [6.07, 6.45) is 6.14. The Hall–Kier alpha value is -3.56. The molecule has 0 saturated heterocycles. The summed E-state index contributed by atoms with van der Waals surface area (Å²) in [7, 11) is -3.84. The highest BCUT2D eigenvalue weighted by Gasteiger charge is 2.31. The van der Waals surface area contributed by atoms with Gasteiger partial charge in [-0.3, -0.25) is 13.9 Å². The molecule has 1 aliphatic carbocycles. The van der Waals surface area contributed by atoms with Gasteiger partial charge in [0.15, 0.2) is 0 Å². The molecular weight excluding hydrogens is 562 g/mol. The first-order chi connectivity index (χ1) is 19.6. The summed E-state index contributed by atoms with van der Waals surface area (Å²) in [5, 5.41) is 3.59. The molecule has 0 bridgehead atoms. The van der Waals surface area contributed by atoms with E-state index in [1.165, 1.54) is 4.90 Å². The number of amides is 2. The molecule has 0 radical (unpaired) electrons. The molecule has 0 unspecified atom stereocenters. The normalized spacial score (nSPS) is 14.6. The molecule has 10 heteroatoms. The van der Waals surface area contributed by atoms with Crippen LogP contribution in [0.15, 0.2) is 78.9 Å². The van der Waals surface area contributed by atoms with Crippen LogP contribution >= 0.6 is 11.6 Å². The van der Waals surface area contributed by atoms with Gasteiger partial charge in [0.05, 0.1) is 11.9 Å². The SMILES string of the molecule is C[C@@H](C(=O)NC1CCCCC1)N(Cc1cccc(Cl)c1)C(=O)CN(c1ccc(Oc2ccccc2)cc1)S(C)(=O)=O. The number of ether oxygens (including phenoxy) is 1. The molecule has 1 saturated carbocycles. The Balaban J connectivity index is 1.55. The van der Waals surface area contributed by atoms with Crippen LogP contribution in [0.3, 0.4) is 0 Å². The van der Waals surface area contributed by atoms with Crippen LogP contribution in [0.2, 0.25) is 5.02 Å². The van der Waals surface area contributed by atoms with Gasteiger partial charge in [-0.1, -0.05) is 61.2 Å². The van der Waals surface area contributed by atoms with E-state index in [1.54, 1.807) is 49.4 Å². The number of carbonyl (C=O) groups excluding carboxylic acids is 2.